The van der Waals surface area contributed by atoms with Crippen LogP contribution < -0.4 is 14.6 Å². The van der Waals surface area contributed by atoms with Crippen LogP contribution in [-0.2, 0) is 14.4 Å². The molecule has 148 valence electrons. The van der Waals surface area contributed by atoms with Crippen LogP contribution in [0.1, 0.15) is 12.5 Å². The summed E-state index contributed by atoms with van der Waals surface area (Å²) in [6, 6.07) is 11.0. The molecule has 29 heavy (non-hydrogen) atoms. The van der Waals surface area contributed by atoms with Crippen LogP contribution in [0.15, 0.2) is 47.6 Å². The molecular formula is C21H18ClN3O4. The van der Waals surface area contributed by atoms with Gasteiger partial charge in [-0.3, -0.25) is 19.4 Å². The van der Waals surface area contributed by atoms with Crippen LogP contribution in [0.2, 0.25) is 5.02 Å². The fourth-order valence-electron chi connectivity index (χ4n) is 3.80. The number of nitrogens with zero attached hydrogens (tertiary/aromatic N) is 3. The number of ketones is 1. The summed E-state index contributed by atoms with van der Waals surface area (Å²) in [5, 5.41) is 6.30. The summed E-state index contributed by atoms with van der Waals surface area (Å²) in [5.41, 5.74) is 1.68. The Hall–Kier alpha value is -3.19. The summed E-state index contributed by atoms with van der Waals surface area (Å²) < 4.78 is 5.32. The van der Waals surface area contributed by atoms with Gasteiger partial charge in [-0.1, -0.05) is 29.8 Å². The number of anilines is 2. The van der Waals surface area contributed by atoms with Gasteiger partial charge in [0.1, 0.15) is 23.4 Å². The molecule has 0 bridgehead atoms. The van der Waals surface area contributed by atoms with Gasteiger partial charge in [-0.15, -0.1) is 0 Å². The number of ether oxygens (including phenoxy) is 1. The minimum atomic E-state index is -0.983. The molecule has 2 atom stereocenters. The van der Waals surface area contributed by atoms with Gasteiger partial charge in [-0.2, -0.15) is 5.10 Å². The van der Waals surface area contributed by atoms with Crippen molar-refractivity contribution in [3.63, 3.8) is 0 Å². The first-order chi connectivity index (χ1) is 13.9. The number of fused-ring (bicyclic) bond motifs is 1. The van der Waals surface area contributed by atoms with E-state index in [1.165, 1.54) is 19.0 Å². The summed E-state index contributed by atoms with van der Waals surface area (Å²) >= 11 is 6.24. The van der Waals surface area contributed by atoms with E-state index in [4.69, 9.17) is 16.3 Å². The fraction of sp³-hybridized carbons (Fsp3) is 0.238. The van der Waals surface area contributed by atoms with Crippen LogP contribution in [0.5, 0.6) is 5.75 Å². The molecule has 8 heteroatoms. The largest absolute Gasteiger partial charge is 0.495 e. The molecule has 0 aliphatic carbocycles. The SMILES string of the molecule is COc1ccccc1N1C(=O)[C@@H]2C(C(C)=O)=NN(c3cccc(Cl)c3C)[C@H]2C1=O. The van der Waals surface area contributed by atoms with Gasteiger partial charge in [-0.05, 0) is 36.8 Å². The zero-order valence-electron chi connectivity index (χ0n) is 16.0. The first kappa shape index (κ1) is 19.1. The Bertz CT molecular complexity index is 1080. The Morgan fingerprint density at radius 2 is 1.76 bits per heavy atom. The lowest BCUT2D eigenvalue weighted by atomic mass is 9.95. The van der Waals surface area contributed by atoms with E-state index in [0.29, 0.717) is 27.7 Å². The molecule has 7 nitrogen and oxygen atoms in total. The molecule has 2 heterocycles. The smallest absolute Gasteiger partial charge is 0.260 e. The number of hydrogen-bond donors (Lipinski definition) is 0. The number of imide groups is 1. The lowest BCUT2D eigenvalue weighted by Gasteiger charge is -2.24. The Morgan fingerprint density at radius 1 is 1.07 bits per heavy atom. The molecule has 0 unspecified atom stereocenters. The monoisotopic (exact) mass is 411 g/mol. The molecule has 2 aromatic carbocycles. The minimum Gasteiger partial charge on any atom is -0.495 e. The molecule has 1 saturated heterocycles. The normalized spacial score (nSPS) is 20.8. The standard InChI is InChI=1S/C21H18ClN3O4/c1-11-13(22)7-6-9-14(11)25-19-17(18(23-25)12(2)26)20(27)24(21(19)28)15-8-4-5-10-16(15)29-3/h4-10,17,19H,1-3H3/t17-,19-/m1/s1. The predicted octanol–water partition coefficient (Wildman–Crippen LogP) is 2.98. The molecule has 2 aliphatic heterocycles. The van der Waals surface area contributed by atoms with Gasteiger partial charge in [0.25, 0.3) is 5.91 Å². The maximum Gasteiger partial charge on any atom is 0.260 e. The van der Waals surface area contributed by atoms with E-state index in [9.17, 15) is 14.4 Å². The average Bonchev–Trinajstić information content (AvgIpc) is 3.21. The second kappa shape index (κ2) is 7.00. The van der Waals surface area contributed by atoms with E-state index in [1.807, 2.05) is 0 Å². The summed E-state index contributed by atoms with van der Waals surface area (Å²) in [5.74, 6) is -1.92. The van der Waals surface area contributed by atoms with Crippen LogP contribution in [0.4, 0.5) is 11.4 Å². The molecule has 0 spiro atoms. The molecule has 1 fully saturated rings. The highest BCUT2D eigenvalue weighted by molar-refractivity contribution is 6.49. The van der Waals surface area contributed by atoms with Crippen LogP contribution in [0.3, 0.4) is 0 Å². The predicted molar refractivity (Wildman–Crippen MR) is 110 cm³/mol. The summed E-state index contributed by atoms with van der Waals surface area (Å²) in [4.78, 5) is 40.0. The van der Waals surface area contributed by atoms with Gasteiger partial charge in [0.2, 0.25) is 5.91 Å². The van der Waals surface area contributed by atoms with Crippen molar-refractivity contribution in [2.45, 2.75) is 19.9 Å². The van der Waals surface area contributed by atoms with Crippen molar-refractivity contribution in [3.8, 4) is 5.75 Å². The van der Waals surface area contributed by atoms with Crippen LogP contribution >= 0.6 is 11.6 Å². The molecule has 0 aromatic heterocycles. The van der Waals surface area contributed by atoms with E-state index >= 15 is 0 Å². The molecule has 0 N–H and O–H groups in total. The van der Waals surface area contributed by atoms with Crippen molar-refractivity contribution in [3.05, 3.63) is 53.1 Å². The van der Waals surface area contributed by atoms with Crippen molar-refractivity contribution < 1.29 is 19.1 Å². The first-order valence-electron chi connectivity index (χ1n) is 9.01. The van der Waals surface area contributed by atoms with Gasteiger partial charge < -0.3 is 4.74 Å². The van der Waals surface area contributed by atoms with E-state index < -0.39 is 23.8 Å². The maximum absolute atomic E-state index is 13.4. The molecule has 2 aromatic rings. The molecule has 0 radical (unpaired) electrons. The molecular weight excluding hydrogens is 394 g/mol. The molecule has 2 amide bonds. The quantitative estimate of drug-likeness (QED) is 0.722. The van der Waals surface area contributed by atoms with Crippen molar-refractivity contribution in [1.82, 2.24) is 0 Å². The van der Waals surface area contributed by atoms with E-state index in [-0.39, 0.29) is 11.5 Å². The molecule has 2 aliphatic rings. The summed E-state index contributed by atoms with van der Waals surface area (Å²) in [6.45, 7) is 3.14. The van der Waals surface area contributed by atoms with Gasteiger partial charge >= 0.3 is 0 Å². The second-order valence-corrected chi connectivity index (χ2v) is 7.28. The van der Waals surface area contributed by atoms with Crippen molar-refractivity contribution in [1.29, 1.82) is 0 Å². The van der Waals surface area contributed by atoms with Gasteiger partial charge in [0, 0.05) is 11.9 Å². The summed E-state index contributed by atoms with van der Waals surface area (Å²) in [7, 11) is 1.47. The Morgan fingerprint density at radius 3 is 2.45 bits per heavy atom. The number of methoxy groups -OCH3 is 1. The lowest BCUT2D eigenvalue weighted by molar-refractivity contribution is -0.122. The number of hydrazone groups is 1. The summed E-state index contributed by atoms with van der Waals surface area (Å²) in [6.07, 6.45) is 0. The molecule has 4 rings (SSSR count). The Kier molecular flexibility index (Phi) is 4.62. The topological polar surface area (TPSA) is 79.3 Å². The van der Waals surface area contributed by atoms with Crippen molar-refractivity contribution >= 4 is 46.3 Å². The van der Waals surface area contributed by atoms with E-state index in [0.717, 1.165) is 4.90 Å². The Labute approximate surface area is 172 Å². The highest BCUT2D eigenvalue weighted by Crippen LogP contribution is 2.41. The fourth-order valence-corrected chi connectivity index (χ4v) is 3.97. The minimum absolute atomic E-state index is 0.0603. The third-order valence-corrected chi connectivity index (χ3v) is 5.63. The zero-order valence-corrected chi connectivity index (χ0v) is 16.8. The van der Waals surface area contributed by atoms with Gasteiger partial charge in [0.05, 0.1) is 18.5 Å². The maximum atomic E-state index is 13.4. The van der Waals surface area contributed by atoms with Crippen LogP contribution in [-0.4, -0.2) is 36.5 Å². The number of halogens is 1. The van der Waals surface area contributed by atoms with Gasteiger partial charge in [-0.25, -0.2) is 4.90 Å². The van der Waals surface area contributed by atoms with Crippen molar-refractivity contribution in [2.24, 2.45) is 11.0 Å². The van der Waals surface area contributed by atoms with Gasteiger partial charge in [0.15, 0.2) is 5.78 Å². The van der Waals surface area contributed by atoms with Crippen LogP contribution in [0, 0.1) is 12.8 Å². The highest BCUT2D eigenvalue weighted by atomic mass is 35.5. The highest BCUT2D eigenvalue weighted by Gasteiger charge is 2.58. The number of rotatable bonds is 4. The number of carbonyl (C=O) groups is 3. The number of amides is 2. The number of hydrogen-bond acceptors (Lipinski definition) is 6. The number of benzene rings is 2. The number of carbonyl (C=O) groups excluding carboxylic acids is 3. The average molecular weight is 412 g/mol. The second-order valence-electron chi connectivity index (χ2n) is 6.88. The Balaban J connectivity index is 1.86. The molecule has 0 saturated carbocycles. The van der Waals surface area contributed by atoms with Crippen molar-refractivity contribution in [2.75, 3.05) is 17.0 Å². The number of Topliss-reactive ketones (excluding diaryl/α,β-unsaturated/α-hetero) is 1. The first-order valence-corrected chi connectivity index (χ1v) is 9.39. The van der Waals surface area contributed by atoms with Crippen LogP contribution in [0.25, 0.3) is 0 Å². The van der Waals surface area contributed by atoms with E-state index in [2.05, 4.69) is 5.10 Å². The number of para-hydroxylation sites is 2. The third-order valence-electron chi connectivity index (χ3n) is 5.22. The third kappa shape index (κ3) is 2.81. The zero-order chi connectivity index (χ0) is 20.9. The van der Waals surface area contributed by atoms with E-state index in [1.54, 1.807) is 49.4 Å². The lowest BCUT2D eigenvalue weighted by Crippen LogP contribution is -2.39.